The van der Waals surface area contributed by atoms with E-state index in [0.717, 1.165) is 18.2 Å². The molecule has 0 saturated carbocycles. The van der Waals surface area contributed by atoms with Gasteiger partial charge in [-0.15, -0.1) is 0 Å². The summed E-state index contributed by atoms with van der Waals surface area (Å²) in [6.45, 7) is 2.86. The van der Waals surface area contributed by atoms with Crippen molar-refractivity contribution in [2.24, 2.45) is 0 Å². The lowest BCUT2D eigenvalue weighted by atomic mass is 10.3. The number of pyridine rings is 1. The summed E-state index contributed by atoms with van der Waals surface area (Å²) in [5, 5.41) is 3.86. The maximum atomic E-state index is 13.4. The molecule has 0 saturated heterocycles. The summed E-state index contributed by atoms with van der Waals surface area (Å²) in [4.78, 5) is 12.0. The van der Waals surface area contributed by atoms with E-state index < -0.39 is 5.82 Å². The summed E-state index contributed by atoms with van der Waals surface area (Å²) in [5.74, 6) is -0.0473. The van der Waals surface area contributed by atoms with Gasteiger partial charge in [0.25, 0.3) is 0 Å². The highest BCUT2D eigenvalue weighted by Gasteiger charge is 2.08. The van der Waals surface area contributed by atoms with E-state index in [1.807, 2.05) is 6.92 Å². The number of aromatic nitrogens is 3. The molecular formula is C14H15Cl2FN4O. The Morgan fingerprint density at radius 2 is 2.09 bits per heavy atom. The van der Waals surface area contributed by atoms with Crippen molar-refractivity contribution in [1.29, 1.82) is 0 Å². The van der Waals surface area contributed by atoms with Gasteiger partial charge >= 0.3 is 0 Å². The molecule has 0 aliphatic rings. The van der Waals surface area contributed by atoms with Gasteiger partial charge in [-0.2, -0.15) is 0 Å². The van der Waals surface area contributed by atoms with E-state index in [4.69, 9.17) is 27.9 Å². The van der Waals surface area contributed by atoms with Crippen molar-refractivity contribution in [2.75, 3.05) is 18.5 Å². The van der Waals surface area contributed by atoms with Crippen LogP contribution in [-0.2, 0) is 6.42 Å². The summed E-state index contributed by atoms with van der Waals surface area (Å²) in [6, 6.07) is 1.16. The Labute approximate surface area is 137 Å². The first-order valence-electron chi connectivity index (χ1n) is 6.79. The third-order valence-corrected chi connectivity index (χ3v) is 3.43. The summed E-state index contributed by atoms with van der Waals surface area (Å²) in [7, 11) is 0. The highest BCUT2D eigenvalue weighted by atomic mass is 35.5. The average molecular weight is 345 g/mol. The minimum atomic E-state index is -0.577. The maximum absolute atomic E-state index is 13.4. The molecule has 0 amide bonds. The standard InChI is InChI=1S/C14H15Cl2FN4O/c1-2-11-12(16)13(21-8-20-11)18-4-3-5-22-14-10(17)6-9(15)7-19-14/h6-8H,2-5H2,1H3,(H,18,20,21). The molecule has 0 radical (unpaired) electrons. The Morgan fingerprint density at radius 1 is 1.27 bits per heavy atom. The fraction of sp³-hybridized carbons (Fsp3) is 0.357. The van der Waals surface area contributed by atoms with Gasteiger partial charge in [0.15, 0.2) is 5.82 Å². The maximum Gasteiger partial charge on any atom is 0.250 e. The first kappa shape index (κ1) is 16.7. The van der Waals surface area contributed by atoms with Crippen LogP contribution in [0.5, 0.6) is 5.88 Å². The molecule has 0 spiro atoms. The fourth-order valence-electron chi connectivity index (χ4n) is 1.73. The van der Waals surface area contributed by atoms with Crippen LogP contribution in [0.3, 0.4) is 0 Å². The Kier molecular flexibility index (Phi) is 6.15. The second-order valence-corrected chi connectivity index (χ2v) is 5.22. The van der Waals surface area contributed by atoms with Gasteiger partial charge in [-0.25, -0.2) is 19.3 Å². The lowest BCUT2D eigenvalue weighted by Crippen LogP contribution is -2.10. The van der Waals surface area contributed by atoms with Crippen LogP contribution in [0.25, 0.3) is 0 Å². The van der Waals surface area contributed by atoms with Crippen LogP contribution in [0.15, 0.2) is 18.6 Å². The van der Waals surface area contributed by atoms with Gasteiger partial charge in [-0.3, -0.25) is 0 Å². The number of ether oxygens (including phenoxy) is 1. The normalized spacial score (nSPS) is 10.5. The number of anilines is 1. The van der Waals surface area contributed by atoms with Crippen molar-refractivity contribution in [3.8, 4) is 5.88 Å². The van der Waals surface area contributed by atoms with Crippen LogP contribution >= 0.6 is 23.2 Å². The minimum Gasteiger partial charge on any atom is -0.476 e. The molecule has 1 N–H and O–H groups in total. The lowest BCUT2D eigenvalue weighted by Gasteiger charge is -2.10. The van der Waals surface area contributed by atoms with Crippen molar-refractivity contribution >= 4 is 29.0 Å². The average Bonchev–Trinajstić information content (AvgIpc) is 2.50. The van der Waals surface area contributed by atoms with E-state index in [-0.39, 0.29) is 10.9 Å². The van der Waals surface area contributed by atoms with Crippen molar-refractivity contribution in [2.45, 2.75) is 19.8 Å². The summed E-state index contributed by atoms with van der Waals surface area (Å²) in [6.07, 6.45) is 4.17. The monoisotopic (exact) mass is 344 g/mol. The largest absolute Gasteiger partial charge is 0.476 e. The van der Waals surface area contributed by atoms with Gasteiger partial charge in [0, 0.05) is 12.7 Å². The molecule has 22 heavy (non-hydrogen) atoms. The summed E-state index contributed by atoms with van der Waals surface area (Å²) < 4.78 is 18.7. The smallest absolute Gasteiger partial charge is 0.250 e. The fourth-order valence-corrected chi connectivity index (χ4v) is 2.17. The van der Waals surface area contributed by atoms with E-state index >= 15 is 0 Å². The molecule has 0 fully saturated rings. The van der Waals surface area contributed by atoms with Gasteiger partial charge < -0.3 is 10.1 Å². The van der Waals surface area contributed by atoms with E-state index in [1.54, 1.807) is 0 Å². The second kappa shape index (κ2) is 8.10. The second-order valence-electron chi connectivity index (χ2n) is 4.41. The van der Waals surface area contributed by atoms with Gasteiger partial charge in [-0.05, 0) is 18.9 Å². The highest BCUT2D eigenvalue weighted by molar-refractivity contribution is 6.33. The van der Waals surface area contributed by atoms with Crippen LogP contribution in [0.1, 0.15) is 19.0 Å². The number of hydrogen-bond donors (Lipinski definition) is 1. The molecule has 2 rings (SSSR count). The van der Waals surface area contributed by atoms with Gasteiger partial charge in [0.05, 0.1) is 17.3 Å². The van der Waals surface area contributed by atoms with Crippen LogP contribution in [-0.4, -0.2) is 28.1 Å². The van der Waals surface area contributed by atoms with E-state index in [9.17, 15) is 4.39 Å². The zero-order chi connectivity index (χ0) is 15.9. The van der Waals surface area contributed by atoms with E-state index in [0.29, 0.717) is 30.4 Å². The topological polar surface area (TPSA) is 59.9 Å². The Bertz CT molecular complexity index is 642. The molecule has 0 atom stereocenters. The predicted octanol–water partition coefficient (Wildman–Crippen LogP) is 3.76. The lowest BCUT2D eigenvalue weighted by molar-refractivity contribution is 0.286. The van der Waals surface area contributed by atoms with Crippen molar-refractivity contribution in [3.05, 3.63) is 40.1 Å². The number of aryl methyl sites for hydroxylation is 1. The van der Waals surface area contributed by atoms with Crippen molar-refractivity contribution in [1.82, 2.24) is 15.0 Å². The van der Waals surface area contributed by atoms with E-state index in [2.05, 4.69) is 20.3 Å². The zero-order valence-electron chi connectivity index (χ0n) is 11.9. The van der Waals surface area contributed by atoms with Crippen LogP contribution in [0.2, 0.25) is 10.0 Å². The number of nitrogens with zero attached hydrogens (tertiary/aromatic N) is 3. The molecule has 0 aromatic carbocycles. The summed E-state index contributed by atoms with van der Waals surface area (Å²) in [5.41, 5.74) is 0.794. The minimum absolute atomic E-state index is 0.0577. The molecule has 8 heteroatoms. The molecule has 118 valence electrons. The Hall–Kier alpha value is -1.66. The molecular weight excluding hydrogens is 330 g/mol. The number of halogens is 3. The van der Waals surface area contributed by atoms with Crippen molar-refractivity contribution < 1.29 is 9.13 Å². The highest BCUT2D eigenvalue weighted by Crippen LogP contribution is 2.22. The van der Waals surface area contributed by atoms with Crippen molar-refractivity contribution in [3.63, 3.8) is 0 Å². The van der Waals surface area contributed by atoms with Gasteiger partial charge in [0.1, 0.15) is 17.2 Å². The van der Waals surface area contributed by atoms with E-state index in [1.165, 1.54) is 12.5 Å². The first-order chi connectivity index (χ1) is 10.6. The van der Waals surface area contributed by atoms with Crippen LogP contribution in [0, 0.1) is 5.82 Å². The predicted molar refractivity (Wildman–Crippen MR) is 84.2 cm³/mol. The van der Waals surface area contributed by atoms with Gasteiger partial charge in [0.2, 0.25) is 5.88 Å². The Balaban J connectivity index is 1.78. The number of nitrogens with one attached hydrogen (secondary N) is 1. The molecule has 0 aliphatic heterocycles. The third-order valence-electron chi connectivity index (χ3n) is 2.82. The van der Waals surface area contributed by atoms with Gasteiger partial charge in [-0.1, -0.05) is 30.1 Å². The number of hydrogen-bond acceptors (Lipinski definition) is 5. The molecule has 2 heterocycles. The van der Waals surface area contributed by atoms with Crippen LogP contribution < -0.4 is 10.1 Å². The molecule has 0 bridgehead atoms. The van der Waals surface area contributed by atoms with Crippen LogP contribution in [0.4, 0.5) is 10.2 Å². The molecule has 2 aromatic heterocycles. The molecule has 0 aliphatic carbocycles. The third kappa shape index (κ3) is 4.42. The SMILES string of the molecule is CCc1ncnc(NCCCOc2ncc(Cl)cc2F)c1Cl. The number of rotatable bonds is 7. The Morgan fingerprint density at radius 3 is 2.82 bits per heavy atom. The summed E-state index contributed by atoms with van der Waals surface area (Å²) >= 11 is 11.8. The quantitative estimate of drug-likeness (QED) is 0.775. The zero-order valence-corrected chi connectivity index (χ0v) is 13.5. The molecule has 5 nitrogen and oxygen atoms in total. The first-order valence-corrected chi connectivity index (χ1v) is 7.54. The molecule has 0 unspecified atom stereocenters. The molecule has 2 aromatic rings.